The number of benzene rings is 1. The maximum atomic E-state index is 11.9. The summed E-state index contributed by atoms with van der Waals surface area (Å²) in [5.74, 6) is 0.220. The predicted molar refractivity (Wildman–Crippen MR) is 71.7 cm³/mol. The quantitative estimate of drug-likeness (QED) is 0.800. The lowest BCUT2D eigenvalue weighted by molar-refractivity contribution is 0.0846. The fourth-order valence-electron chi connectivity index (χ4n) is 1.80. The molecule has 0 saturated heterocycles. The van der Waals surface area contributed by atoms with Crippen molar-refractivity contribution in [3.05, 3.63) is 53.9 Å². The molecular formula is C14H11N3O4. The Morgan fingerprint density at radius 2 is 1.57 bits per heavy atom. The number of ether oxygens (including phenoxy) is 2. The highest BCUT2D eigenvalue weighted by Crippen LogP contribution is 2.32. The molecule has 3 rings (SSSR count). The summed E-state index contributed by atoms with van der Waals surface area (Å²) in [6, 6.07) is 7.86. The van der Waals surface area contributed by atoms with Crippen LogP contribution in [0.3, 0.4) is 0 Å². The van der Waals surface area contributed by atoms with E-state index in [1.165, 1.54) is 12.4 Å². The summed E-state index contributed by atoms with van der Waals surface area (Å²) in [5, 5.41) is 0. The lowest BCUT2D eigenvalue weighted by atomic mass is 10.2. The summed E-state index contributed by atoms with van der Waals surface area (Å²) < 4.78 is 10.3. The zero-order valence-corrected chi connectivity index (χ0v) is 10.8. The number of hydrogen-bond acceptors (Lipinski definition) is 5. The monoisotopic (exact) mass is 285 g/mol. The van der Waals surface area contributed by atoms with Crippen LogP contribution < -0.4 is 20.3 Å². The van der Waals surface area contributed by atoms with Gasteiger partial charge in [-0.15, -0.1) is 0 Å². The van der Waals surface area contributed by atoms with E-state index in [1.54, 1.807) is 30.3 Å². The Kier molecular flexibility index (Phi) is 3.38. The van der Waals surface area contributed by atoms with Gasteiger partial charge in [0.05, 0.1) is 0 Å². The number of pyridine rings is 1. The average molecular weight is 285 g/mol. The van der Waals surface area contributed by atoms with Crippen molar-refractivity contribution >= 4 is 11.8 Å². The van der Waals surface area contributed by atoms with Gasteiger partial charge in [0, 0.05) is 23.5 Å². The van der Waals surface area contributed by atoms with Gasteiger partial charge < -0.3 is 9.47 Å². The van der Waals surface area contributed by atoms with Gasteiger partial charge >= 0.3 is 0 Å². The first-order valence-electron chi connectivity index (χ1n) is 6.14. The number of amides is 2. The Bertz CT molecular complexity index is 688. The van der Waals surface area contributed by atoms with E-state index in [-0.39, 0.29) is 6.79 Å². The summed E-state index contributed by atoms with van der Waals surface area (Å²) in [5.41, 5.74) is 5.41. The molecule has 2 heterocycles. The van der Waals surface area contributed by atoms with Crippen molar-refractivity contribution in [1.82, 2.24) is 15.8 Å². The van der Waals surface area contributed by atoms with Gasteiger partial charge in [-0.3, -0.25) is 25.4 Å². The third-order valence-corrected chi connectivity index (χ3v) is 2.87. The highest BCUT2D eigenvalue weighted by atomic mass is 16.7. The van der Waals surface area contributed by atoms with Crippen LogP contribution in [0.25, 0.3) is 0 Å². The number of aromatic nitrogens is 1. The first-order valence-corrected chi connectivity index (χ1v) is 6.14. The second-order valence-electron chi connectivity index (χ2n) is 4.21. The van der Waals surface area contributed by atoms with Gasteiger partial charge in [-0.25, -0.2) is 0 Å². The zero-order chi connectivity index (χ0) is 14.7. The van der Waals surface area contributed by atoms with Crippen LogP contribution in [0, 0.1) is 0 Å². The predicted octanol–water partition coefficient (Wildman–Crippen LogP) is 0.885. The number of hydrogen-bond donors (Lipinski definition) is 2. The lowest BCUT2D eigenvalue weighted by Gasteiger charge is -2.07. The maximum absolute atomic E-state index is 11.9. The number of carbonyl (C=O) groups excluding carboxylic acids is 2. The zero-order valence-electron chi connectivity index (χ0n) is 10.8. The molecule has 0 aliphatic carbocycles. The molecule has 0 spiro atoms. The number of rotatable bonds is 2. The van der Waals surface area contributed by atoms with Crippen molar-refractivity contribution in [3.63, 3.8) is 0 Å². The first-order chi connectivity index (χ1) is 10.2. The van der Waals surface area contributed by atoms with E-state index in [9.17, 15) is 9.59 Å². The highest BCUT2D eigenvalue weighted by Gasteiger charge is 2.16. The Balaban J connectivity index is 1.63. The Morgan fingerprint density at radius 1 is 0.905 bits per heavy atom. The van der Waals surface area contributed by atoms with Gasteiger partial charge in [0.25, 0.3) is 11.8 Å². The van der Waals surface area contributed by atoms with Gasteiger partial charge in [-0.05, 0) is 30.3 Å². The minimum Gasteiger partial charge on any atom is -0.454 e. The van der Waals surface area contributed by atoms with Crippen molar-refractivity contribution in [2.75, 3.05) is 6.79 Å². The molecule has 7 nitrogen and oxygen atoms in total. The summed E-state index contributed by atoms with van der Waals surface area (Å²) >= 11 is 0. The molecule has 2 amide bonds. The topological polar surface area (TPSA) is 89.6 Å². The second kappa shape index (κ2) is 5.49. The third kappa shape index (κ3) is 2.76. The highest BCUT2D eigenvalue weighted by molar-refractivity contribution is 5.99. The van der Waals surface area contributed by atoms with E-state index in [4.69, 9.17) is 9.47 Å². The average Bonchev–Trinajstić information content (AvgIpc) is 3.00. The van der Waals surface area contributed by atoms with E-state index in [0.29, 0.717) is 22.6 Å². The van der Waals surface area contributed by atoms with Gasteiger partial charge in [0.2, 0.25) is 6.79 Å². The van der Waals surface area contributed by atoms with Crippen LogP contribution >= 0.6 is 0 Å². The Hall–Kier alpha value is -3.09. The standard InChI is InChI=1S/C14H11N3O4/c18-13(9-3-5-15-6-4-9)16-17-14(19)10-1-2-11-12(7-10)21-8-20-11/h1-7H,8H2,(H,16,18)(H,17,19). The van der Waals surface area contributed by atoms with E-state index in [0.717, 1.165) is 0 Å². The van der Waals surface area contributed by atoms with Crippen LogP contribution in [-0.2, 0) is 0 Å². The molecule has 0 unspecified atom stereocenters. The van der Waals surface area contributed by atoms with Crippen LogP contribution in [-0.4, -0.2) is 23.6 Å². The van der Waals surface area contributed by atoms with Crippen molar-refractivity contribution in [1.29, 1.82) is 0 Å². The van der Waals surface area contributed by atoms with Crippen molar-refractivity contribution < 1.29 is 19.1 Å². The second-order valence-corrected chi connectivity index (χ2v) is 4.21. The molecule has 21 heavy (non-hydrogen) atoms. The van der Waals surface area contributed by atoms with Crippen LogP contribution in [0.2, 0.25) is 0 Å². The third-order valence-electron chi connectivity index (χ3n) is 2.87. The van der Waals surface area contributed by atoms with E-state index in [2.05, 4.69) is 15.8 Å². The number of nitrogens with zero attached hydrogens (tertiary/aromatic N) is 1. The normalized spacial score (nSPS) is 11.8. The van der Waals surface area contributed by atoms with Crippen molar-refractivity contribution in [3.8, 4) is 11.5 Å². The molecule has 1 aromatic carbocycles. The summed E-state index contributed by atoms with van der Waals surface area (Å²) in [6.45, 7) is 0.138. The Labute approximate surface area is 119 Å². The number of hydrazine groups is 1. The molecule has 2 aromatic rings. The van der Waals surface area contributed by atoms with Gasteiger partial charge in [0.1, 0.15) is 0 Å². The first kappa shape index (κ1) is 12.9. The fraction of sp³-hybridized carbons (Fsp3) is 0.0714. The van der Waals surface area contributed by atoms with Gasteiger partial charge in [0.15, 0.2) is 11.5 Å². The molecule has 2 N–H and O–H groups in total. The molecule has 1 aliphatic heterocycles. The molecule has 1 aliphatic rings. The molecule has 0 radical (unpaired) electrons. The van der Waals surface area contributed by atoms with E-state index >= 15 is 0 Å². The summed E-state index contributed by atoms with van der Waals surface area (Å²) in [7, 11) is 0. The molecule has 106 valence electrons. The molecule has 1 aromatic heterocycles. The lowest BCUT2D eigenvalue weighted by Crippen LogP contribution is -2.41. The Morgan fingerprint density at radius 3 is 2.33 bits per heavy atom. The van der Waals surface area contributed by atoms with Gasteiger partial charge in [-0.1, -0.05) is 0 Å². The number of nitrogens with one attached hydrogen (secondary N) is 2. The molecule has 0 fully saturated rings. The minimum absolute atomic E-state index is 0.138. The largest absolute Gasteiger partial charge is 0.454 e. The molecule has 0 atom stereocenters. The molecule has 7 heteroatoms. The smallest absolute Gasteiger partial charge is 0.269 e. The number of fused-ring (bicyclic) bond motifs is 1. The fourth-order valence-corrected chi connectivity index (χ4v) is 1.80. The van der Waals surface area contributed by atoms with Crippen molar-refractivity contribution in [2.24, 2.45) is 0 Å². The minimum atomic E-state index is -0.448. The van der Waals surface area contributed by atoms with Crippen LogP contribution in [0.1, 0.15) is 20.7 Å². The summed E-state index contributed by atoms with van der Waals surface area (Å²) in [6.07, 6.45) is 2.99. The molecule has 0 saturated carbocycles. The van der Waals surface area contributed by atoms with Crippen LogP contribution in [0.15, 0.2) is 42.7 Å². The SMILES string of the molecule is O=C(NNC(=O)c1ccc2c(c1)OCO2)c1ccncc1. The molecule has 0 bridgehead atoms. The molecular weight excluding hydrogens is 274 g/mol. The van der Waals surface area contributed by atoms with E-state index < -0.39 is 11.8 Å². The van der Waals surface area contributed by atoms with Crippen LogP contribution in [0.4, 0.5) is 0 Å². The van der Waals surface area contributed by atoms with Gasteiger partial charge in [-0.2, -0.15) is 0 Å². The maximum Gasteiger partial charge on any atom is 0.269 e. The van der Waals surface area contributed by atoms with Crippen molar-refractivity contribution in [2.45, 2.75) is 0 Å². The van der Waals surface area contributed by atoms with E-state index in [1.807, 2.05) is 0 Å². The number of carbonyl (C=O) groups is 2. The summed E-state index contributed by atoms with van der Waals surface area (Å²) in [4.78, 5) is 27.5. The van der Waals surface area contributed by atoms with Crippen LogP contribution in [0.5, 0.6) is 11.5 Å².